The van der Waals surface area contributed by atoms with Gasteiger partial charge in [-0.15, -0.1) is 0 Å². The third-order valence-corrected chi connectivity index (χ3v) is 5.02. The van der Waals surface area contributed by atoms with Crippen LogP contribution in [-0.2, 0) is 11.0 Å². The van der Waals surface area contributed by atoms with Crippen LogP contribution in [0.4, 0.5) is 18.9 Å². The number of anilines is 1. The summed E-state index contributed by atoms with van der Waals surface area (Å²) in [5.41, 5.74) is 5.76. The molecule has 1 saturated heterocycles. The molecule has 3 amide bonds. The number of carbonyl (C=O) groups excluding carboxylic acids is 3. The number of halogens is 3. The van der Waals surface area contributed by atoms with Crippen LogP contribution in [0.3, 0.4) is 0 Å². The molecule has 0 atom stereocenters. The van der Waals surface area contributed by atoms with E-state index in [1.54, 1.807) is 29.2 Å². The molecule has 1 aliphatic heterocycles. The molecule has 2 aromatic carbocycles. The van der Waals surface area contributed by atoms with Gasteiger partial charge in [0.1, 0.15) is 0 Å². The highest BCUT2D eigenvalue weighted by Gasteiger charge is 2.30. The Hall–Kier alpha value is -3.56. The summed E-state index contributed by atoms with van der Waals surface area (Å²) < 4.78 is 37.8. The summed E-state index contributed by atoms with van der Waals surface area (Å²) in [6.45, 7) is 1.81. The molecule has 7 nitrogen and oxygen atoms in total. The van der Waals surface area contributed by atoms with E-state index >= 15 is 0 Å². The van der Waals surface area contributed by atoms with Crippen molar-refractivity contribution in [2.45, 2.75) is 6.18 Å². The van der Waals surface area contributed by atoms with Gasteiger partial charge in [-0.2, -0.15) is 13.2 Å². The highest BCUT2D eigenvalue weighted by molar-refractivity contribution is 5.96. The number of rotatable bonds is 5. The Morgan fingerprint density at radius 3 is 1.94 bits per heavy atom. The van der Waals surface area contributed by atoms with Gasteiger partial charge in [0.15, 0.2) is 0 Å². The Labute approximate surface area is 176 Å². The lowest BCUT2D eigenvalue weighted by atomic mass is 10.1. The maximum Gasteiger partial charge on any atom is 0.416 e. The van der Waals surface area contributed by atoms with Crippen molar-refractivity contribution in [3.63, 3.8) is 0 Å². The summed E-state index contributed by atoms with van der Waals surface area (Å²) in [6, 6.07) is 10.7. The van der Waals surface area contributed by atoms with Gasteiger partial charge < -0.3 is 20.9 Å². The molecule has 0 bridgehead atoms. The Balaban J connectivity index is 1.47. The second kappa shape index (κ2) is 9.07. The lowest BCUT2D eigenvalue weighted by Crippen LogP contribution is -2.51. The van der Waals surface area contributed by atoms with Crippen molar-refractivity contribution >= 4 is 23.4 Å². The summed E-state index contributed by atoms with van der Waals surface area (Å²) in [5, 5.41) is 2.45. The lowest BCUT2D eigenvalue weighted by Gasteiger charge is -2.36. The number of carbonyl (C=O) groups is 3. The van der Waals surface area contributed by atoms with Gasteiger partial charge in [-0.1, -0.05) is 0 Å². The molecular formula is C21H21F3N4O3. The maximum absolute atomic E-state index is 12.6. The summed E-state index contributed by atoms with van der Waals surface area (Å²) in [7, 11) is 0. The smallest absolute Gasteiger partial charge is 0.368 e. The van der Waals surface area contributed by atoms with Crippen LogP contribution in [0.2, 0.25) is 0 Å². The van der Waals surface area contributed by atoms with Crippen molar-refractivity contribution in [2.75, 3.05) is 37.6 Å². The van der Waals surface area contributed by atoms with Gasteiger partial charge >= 0.3 is 6.18 Å². The van der Waals surface area contributed by atoms with E-state index in [0.717, 1.165) is 30.0 Å². The predicted molar refractivity (Wildman–Crippen MR) is 108 cm³/mol. The standard InChI is InChI=1S/C21H21F3N4O3/c22-21(23,24)16-5-1-15(2-6-16)20(31)26-13-18(29)28-11-9-27(10-12-28)17-7-3-14(4-8-17)19(25)30/h1-8H,9-13H2,(H2,25,30)(H,26,31). The molecule has 0 saturated carbocycles. The van der Waals surface area contributed by atoms with E-state index in [4.69, 9.17) is 5.73 Å². The van der Waals surface area contributed by atoms with Crippen LogP contribution in [-0.4, -0.2) is 55.3 Å². The Morgan fingerprint density at radius 1 is 0.871 bits per heavy atom. The zero-order valence-electron chi connectivity index (χ0n) is 16.5. The molecule has 0 aromatic heterocycles. The van der Waals surface area contributed by atoms with Crippen molar-refractivity contribution < 1.29 is 27.6 Å². The molecule has 0 spiro atoms. The molecule has 3 N–H and O–H groups in total. The number of hydrogen-bond donors (Lipinski definition) is 2. The second-order valence-electron chi connectivity index (χ2n) is 7.04. The fourth-order valence-corrected chi connectivity index (χ4v) is 3.23. The van der Waals surface area contributed by atoms with Gasteiger partial charge in [0.2, 0.25) is 11.8 Å². The third-order valence-electron chi connectivity index (χ3n) is 5.02. The highest BCUT2D eigenvalue weighted by atomic mass is 19.4. The number of alkyl halides is 3. The summed E-state index contributed by atoms with van der Waals surface area (Å²) in [6.07, 6.45) is -4.48. The zero-order valence-corrected chi connectivity index (χ0v) is 16.5. The second-order valence-corrected chi connectivity index (χ2v) is 7.04. The Bertz CT molecular complexity index is 951. The number of primary amides is 1. The first-order valence-electron chi connectivity index (χ1n) is 9.53. The zero-order chi connectivity index (χ0) is 22.6. The fraction of sp³-hybridized carbons (Fsp3) is 0.286. The van der Waals surface area contributed by atoms with Crippen LogP contribution in [0.25, 0.3) is 0 Å². The molecule has 2 aromatic rings. The molecule has 31 heavy (non-hydrogen) atoms. The van der Waals surface area contributed by atoms with Gasteiger partial charge in [0, 0.05) is 43.0 Å². The summed E-state index contributed by atoms with van der Waals surface area (Å²) in [5.74, 6) is -1.39. The first-order chi connectivity index (χ1) is 14.6. The van der Waals surface area contributed by atoms with Crippen LogP contribution in [0.1, 0.15) is 26.3 Å². The van der Waals surface area contributed by atoms with Crippen molar-refractivity contribution in [1.29, 1.82) is 0 Å². The number of nitrogens with one attached hydrogen (secondary N) is 1. The van der Waals surface area contributed by atoms with E-state index in [1.165, 1.54) is 0 Å². The lowest BCUT2D eigenvalue weighted by molar-refractivity contribution is -0.137. The van der Waals surface area contributed by atoms with E-state index in [0.29, 0.717) is 31.7 Å². The monoisotopic (exact) mass is 434 g/mol. The molecule has 0 unspecified atom stereocenters. The van der Waals surface area contributed by atoms with Crippen LogP contribution < -0.4 is 16.0 Å². The average molecular weight is 434 g/mol. The van der Waals surface area contributed by atoms with Crippen molar-refractivity contribution in [3.8, 4) is 0 Å². The normalized spacial score (nSPS) is 14.3. The maximum atomic E-state index is 12.6. The number of piperazine rings is 1. The number of benzene rings is 2. The van der Waals surface area contributed by atoms with E-state index in [9.17, 15) is 27.6 Å². The fourth-order valence-electron chi connectivity index (χ4n) is 3.23. The van der Waals surface area contributed by atoms with Crippen molar-refractivity contribution in [2.24, 2.45) is 5.73 Å². The van der Waals surface area contributed by atoms with Gasteiger partial charge in [0.25, 0.3) is 5.91 Å². The SMILES string of the molecule is NC(=O)c1ccc(N2CCN(C(=O)CNC(=O)c3ccc(C(F)(F)F)cc3)CC2)cc1. The first-order valence-corrected chi connectivity index (χ1v) is 9.53. The number of hydrogen-bond acceptors (Lipinski definition) is 4. The highest BCUT2D eigenvalue weighted by Crippen LogP contribution is 2.29. The van der Waals surface area contributed by atoms with Gasteiger partial charge in [-0.05, 0) is 48.5 Å². The molecule has 10 heteroatoms. The number of amides is 3. The van der Waals surface area contributed by atoms with Gasteiger partial charge in [-0.25, -0.2) is 0 Å². The van der Waals surface area contributed by atoms with Crippen LogP contribution in [0.5, 0.6) is 0 Å². The van der Waals surface area contributed by atoms with E-state index < -0.39 is 23.6 Å². The van der Waals surface area contributed by atoms with Gasteiger partial charge in [0.05, 0.1) is 12.1 Å². The largest absolute Gasteiger partial charge is 0.416 e. The quantitative estimate of drug-likeness (QED) is 0.751. The van der Waals surface area contributed by atoms with Gasteiger partial charge in [-0.3, -0.25) is 14.4 Å². The molecule has 3 rings (SSSR count). The minimum Gasteiger partial charge on any atom is -0.368 e. The van der Waals surface area contributed by atoms with Crippen LogP contribution in [0.15, 0.2) is 48.5 Å². The minimum atomic E-state index is -4.48. The molecule has 0 aliphatic carbocycles. The molecule has 1 aliphatic rings. The minimum absolute atomic E-state index is 0.0463. The summed E-state index contributed by atoms with van der Waals surface area (Å²) in [4.78, 5) is 39.3. The first kappa shape index (κ1) is 22.1. The predicted octanol–water partition coefficient (Wildman–Crippen LogP) is 1.88. The summed E-state index contributed by atoms with van der Waals surface area (Å²) >= 11 is 0. The molecule has 0 radical (unpaired) electrons. The molecular weight excluding hydrogens is 413 g/mol. The Kier molecular flexibility index (Phi) is 6.47. The topological polar surface area (TPSA) is 95.7 Å². The van der Waals surface area contributed by atoms with Crippen LogP contribution in [0, 0.1) is 0 Å². The van der Waals surface area contributed by atoms with Crippen LogP contribution >= 0.6 is 0 Å². The van der Waals surface area contributed by atoms with E-state index in [2.05, 4.69) is 10.2 Å². The average Bonchev–Trinajstić information content (AvgIpc) is 2.77. The molecule has 164 valence electrons. The number of nitrogens with zero attached hydrogens (tertiary/aromatic N) is 2. The molecule has 1 fully saturated rings. The third kappa shape index (κ3) is 5.53. The van der Waals surface area contributed by atoms with E-state index in [1.807, 2.05) is 0 Å². The Morgan fingerprint density at radius 2 is 1.42 bits per heavy atom. The molecule has 1 heterocycles. The van der Waals surface area contributed by atoms with E-state index in [-0.39, 0.29) is 18.0 Å². The van der Waals surface area contributed by atoms with Crippen molar-refractivity contribution in [1.82, 2.24) is 10.2 Å². The number of nitrogens with two attached hydrogens (primary N) is 1. The van der Waals surface area contributed by atoms with Crippen molar-refractivity contribution in [3.05, 3.63) is 65.2 Å².